The molecule has 1 rings (SSSR count). The van der Waals surface area contributed by atoms with Crippen LogP contribution in [-0.4, -0.2) is 39.1 Å². The van der Waals surface area contributed by atoms with Crippen LogP contribution in [0, 0.1) is 11.3 Å². The first-order valence-electron chi connectivity index (χ1n) is 5.73. The van der Waals surface area contributed by atoms with Gasteiger partial charge in [0, 0.05) is 25.8 Å². The van der Waals surface area contributed by atoms with Crippen LogP contribution in [0.3, 0.4) is 0 Å². The van der Waals surface area contributed by atoms with Crippen molar-refractivity contribution in [2.45, 2.75) is 6.18 Å². The Morgan fingerprint density at radius 1 is 1.16 bits per heavy atom. The molecule has 0 bridgehead atoms. The van der Waals surface area contributed by atoms with Crippen molar-refractivity contribution in [3.05, 3.63) is 29.3 Å². The fourth-order valence-electron chi connectivity index (χ4n) is 1.59. The monoisotopic (exact) mass is 271 g/mol. The number of nitriles is 1. The first-order valence-corrected chi connectivity index (χ1v) is 5.73. The lowest BCUT2D eigenvalue weighted by Crippen LogP contribution is -2.28. The Labute approximate surface area is 110 Å². The van der Waals surface area contributed by atoms with Gasteiger partial charge < -0.3 is 9.80 Å². The van der Waals surface area contributed by atoms with Gasteiger partial charge in [-0.1, -0.05) is 0 Å². The summed E-state index contributed by atoms with van der Waals surface area (Å²) < 4.78 is 38.0. The van der Waals surface area contributed by atoms with Gasteiger partial charge in [0.15, 0.2) is 0 Å². The smallest absolute Gasteiger partial charge is 0.373 e. The molecule has 0 N–H and O–H groups in total. The van der Waals surface area contributed by atoms with E-state index in [2.05, 4.69) is 0 Å². The number of hydrogen-bond donors (Lipinski definition) is 0. The molecule has 0 amide bonds. The number of nitrogens with zero attached hydrogens (tertiary/aromatic N) is 3. The zero-order chi connectivity index (χ0) is 14.6. The lowest BCUT2D eigenvalue weighted by molar-refractivity contribution is -0.137. The standard InChI is InChI=1S/C13H16F3N3/c1-18(2)6-7-19(3)11-4-5-12(13(14,15)16)10(8-11)9-17/h4-5,8H,6-7H2,1-3H3. The van der Waals surface area contributed by atoms with E-state index in [-0.39, 0.29) is 5.56 Å². The highest BCUT2D eigenvalue weighted by molar-refractivity contribution is 5.54. The molecule has 6 heteroatoms. The zero-order valence-corrected chi connectivity index (χ0v) is 11.1. The van der Waals surface area contributed by atoms with Crippen LogP contribution in [-0.2, 0) is 6.18 Å². The van der Waals surface area contributed by atoms with Crippen LogP contribution in [0.25, 0.3) is 0 Å². The number of anilines is 1. The van der Waals surface area contributed by atoms with Gasteiger partial charge in [-0.15, -0.1) is 0 Å². The van der Waals surface area contributed by atoms with Gasteiger partial charge in [-0.2, -0.15) is 18.4 Å². The second-order valence-corrected chi connectivity index (χ2v) is 4.56. The summed E-state index contributed by atoms with van der Waals surface area (Å²) in [7, 11) is 5.62. The van der Waals surface area contributed by atoms with Gasteiger partial charge in [0.25, 0.3) is 0 Å². The highest BCUT2D eigenvalue weighted by Gasteiger charge is 2.33. The molecule has 0 aliphatic carbocycles. The molecule has 0 aromatic heterocycles. The molecule has 0 fully saturated rings. The summed E-state index contributed by atoms with van der Waals surface area (Å²) in [4.78, 5) is 3.80. The third-order valence-corrected chi connectivity index (χ3v) is 2.75. The van der Waals surface area contributed by atoms with E-state index in [0.29, 0.717) is 12.2 Å². The van der Waals surface area contributed by atoms with E-state index in [4.69, 9.17) is 5.26 Å². The number of hydrogen-bond acceptors (Lipinski definition) is 3. The van der Waals surface area contributed by atoms with Crippen molar-refractivity contribution >= 4 is 5.69 Å². The van der Waals surface area contributed by atoms with Gasteiger partial charge in [-0.3, -0.25) is 0 Å². The van der Waals surface area contributed by atoms with Crippen molar-refractivity contribution in [1.82, 2.24) is 4.90 Å². The number of likely N-dealkylation sites (N-methyl/N-ethyl adjacent to an activating group) is 2. The molecular formula is C13H16F3N3. The summed E-state index contributed by atoms with van der Waals surface area (Å²) in [6.07, 6.45) is -4.49. The van der Waals surface area contributed by atoms with Crippen LogP contribution in [0.2, 0.25) is 0 Å². The molecule has 0 spiro atoms. The van der Waals surface area contributed by atoms with Crippen molar-refractivity contribution in [1.29, 1.82) is 5.26 Å². The van der Waals surface area contributed by atoms with Crippen LogP contribution < -0.4 is 4.90 Å². The first-order chi connectivity index (χ1) is 8.75. The van der Waals surface area contributed by atoms with Gasteiger partial charge in [-0.05, 0) is 32.3 Å². The lowest BCUT2D eigenvalue weighted by atomic mass is 10.1. The number of alkyl halides is 3. The third kappa shape index (κ3) is 4.14. The maximum absolute atomic E-state index is 12.7. The second-order valence-electron chi connectivity index (χ2n) is 4.56. The largest absolute Gasteiger partial charge is 0.417 e. The number of halogens is 3. The third-order valence-electron chi connectivity index (χ3n) is 2.75. The Kier molecular flexibility index (Phi) is 4.78. The summed E-state index contributed by atoms with van der Waals surface area (Å²) in [6.45, 7) is 1.45. The number of rotatable bonds is 4. The van der Waals surface area contributed by atoms with Crippen molar-refractivity contribution in [3.8, 4) is 6.07 Å². The molecular weight excluding hydrogens is 255 g/mol. The molecule has 1 aromatic rings. The highest BCUT2D eigenvalue weighted by atomic mass is 19.4. The maximum Gasteiger partial charge on any atom is 0.417 e. The normalized spacial score (nSPS) is 11.5. The van der Waals surface area contributed by atoms with Crippen LogP contribution in [0.1, 0.15) is 11.1 Å². The molecule has 0 saturated carbocycles. The zero-order valence-electron chi connectivity index (χ0n) is 11.1. The molecule has 19 heavy (non-hydrogen) atoms. The van der Waals surface area contributed by atoms with Crippen LogP contribution >= 0.6 is 0 Å². The van der Waals surface area contributed by atoms with Crippen LogP contribution in [0.4, 0.5) is 18.9 Å². The van der Waals surface area contributed by atoms with Crippen molar-refractivity contribution < 1.29 is 13.2 Å². The van der Waals surface area contributed by atoms with E-state index in [1.807, 2.05) is 23.9 Å². The quantitative estimate of drug-likeness (QED) is 0.843. The molecule has 0 atom stereocenters. The van der Waals surface area contributed by atoms with Crippen molar-refractivity contribution in [2.75, 3.05) is 39.1 Å². The second kappa shape index (κ2) is 5.93. The van der Waals surface area contributed by atoms with Crippen molar-refractivity contribution in [3.63, 3.8) is 0 Å². The lowest BCUT2D eigenvalue weighted by Gasteiger charge is -2.22. The van der Waals surface area contributed by atoms with Gasteiger partial charge in [0.05, 0.1) is 17.2 Å². The summed E-state index contributed by atoms with van der Waals surface area (Å²) in [6, 6.07) is 5.23. The predicted octanol–water partition coefficient (Wildman–Crippen LogP) is 2.57. The Balaban J connectivity index is 2.98. The Hall–Kier alpha value is -1.74. The predicted molar refractivity (Wildman–Crippen MR) is 68.0 cm³/mol. The van der Waals surface area contributed by atoms with Gasteiger partial charge in [0.2, 0.25) is 0 Å². The molecule has 0 aliphatic rings. The Bertz CT molecular complexity index is 475. The fraction of sp³-hybridized carbons (Fsp3) is 0.462. The summed E-state index contributed by atoms with van der Waals surface area (Å²) in [5.74, 6) is 0. The van der Waals surface area contributed by atoms with Crippen molar-refractivity contribution in [2.24, 2.45) is 0 Å². The molecule has 0 saturated heterocycles. The summed E-state index contributed by atoms with van der Waals surface area (Å²) in [5, 5.41) is 8.83. The fourth-order valence-corrected chi connectivity index (χ4v) is 1.59. The minimum Gasteiger partial charge on any atom is -0.373 e. The van der Waals surface area contributed by atoms with E-state index in [1.165, 1.54) is 12.1 Å². The molecule has 0 radical (unpaired) electrons. The topological polar surface area (TPSA) is 30.3 Å². The van der Waals surface area contributed by atoms with E-state index in [9.17, 15) is 13.2 Å². The van der Waals surface area contributed by atoms with Gasteiger partial charge in [0.1, 0.15) is 0 Å². The van der Waals surface area contributed by atoms with Gasteiger partial charge >= 0.3 is 6.18 Å². The molecule has 1 aromatic carbocycles. The number of benzene rings is 1. The van der Waals surface area contributed by atoms with E-state index >= 15 is 0 Å². The van der Waals surface area contributed by atoms with Gasteiger partial charge in [-0.25, -0.2) is 0 Å². The van der Waals surface area contributed by atoms with E-state index in [0.717, 1.165) is 12.6 Å². The van der Waals surface area contributed by atoms with Crippen LogP contribution in [0.15, 0.2) is 18.2 Å². The minimum absolute atomic E-state index is 0.346. The molecule has 104 valence electrons. The summed E-state index contributed by atoms with van der Waals surface area (Å²) >= 11 is 0. The average Bonchev–Trinajstić information content (AvgIpc) is 2.33. The average molecular weight is 271 g/mol. The minimum atomic E-state index is -4.49. The van der Waals surface area contributed by atoms with Crippen LogP contribution in [0.5, 0.6) is 0 Å². The molecule has 0 heterocycles. The first kappa shape index (κ1) is 15.3. The molecule has 0 aliphatic heterocycles. The highest BCUT2D eigenvalue weighted by Crippen LogP contribution is 2.33. The molecule has 3 nitrogen and oxygen atoms in total. The molecule has 0 unspecified atom stereocenters. The van der Waals surface area contributed by atoms with E-state index in [1.54, 1.807) is 13.1 Å². The SMILES string of the molecule is CN(C)CCN(C)c1ccc(C(F)(F)F)c(C#N)c1. The van der Waals surface area contributed by atoms with E-state index < -0.39 is 11.7 Å². The maximum atomic E-state index is 12.7. The summed E-state index contributed by atoms with van der Waals surface area (Å²) in [5.41, 5.74) is -0.632. The Morgan fingerprint density at radius 2 is 1.79 bits per heavy atom. The Morgan fingerprint density at radius 3 is 2.26 bits per heavy atom.